The van der Waals surface area contributed by atoms with Crippen LogP contribution in [-0.4, -0.2) is 35.9 Å². The van der Waals surface area contributed by atoms with Gasteiger partial charge in [-0.15, -0.1) is 0 Å². The molecule has 98 valence electrons. The van der Waals surface area contributed by atoms with Crippen molar-refractivity contribution < 1.29 is 9.84 Å². The van der Waals surface area contributed by atoms with Crippen LogP contribution < -0.4 is 10.1 Å². The number of nitrogens with one attached hydrogen (secondary N) is 1. The van der Waals surface area contributed by atoms with Crippen molar-refractivity contribution in [1.29, 1.82) is 0 Å². The monoisotopic (exact) mass is 248 g/mol. The Bertz CT molecular complexity index is 407. The summed E-state index contributed by atoms with van der Waals surface area (Å²) in [5.41, 5.74) is 1.26. The third-order valence-electron chi connectivity index (χ3n) is 3.96. The molecule has 1 saturated heterocycles. The van der Waals surface area contributed by atoms with Crippen LogP contribution in [0.4, 0.5) is 0 Å². The van der Waals surface area contributed by atoms with Crippen molar-refractivity contribution in [2.75, 3.05) is 19.8 Å². The topological polar surface area (TPSA) is 54.4 Å². The van der Waals surface area contributed by atoms with Crippen LogP contribution in [0.25, 0.3) is 0 Å². The summed E-state index contributed by atoms with van der Waals surface area (Å²) in [7, 11) is 0. The fourth-order valence-electron chi connectivity index (χ4n) is 2.55. The fraction of sp³-hybridized carbons (Fsp3) is 0.643. The zero-order valence-electron chi connectivity index (χ0n) is 10.5. The average molecular weight is 248 g/mol. The number of ether oxygens (including phenoxy) is 1. The van der Waals surface area contributed by atoms with E-state index in [1.807, 2.05) is 6.20 Å². The molecule has 0 radical (unpaired) electrons. The standard InChI is InChI=1S/C14H20N2O2/c17-4-2-10-6-14(10)11-5-13(8-15-7-11)18-9-12-1-3-16-12/h5,7-8,10,12,14,16-17H,1-4,6,9H2/t10?,12-,14?/m0/s1. The predicted octanol–water partition coefficient (Wildman–Crippen LogP) is 1.31. The second-order valence-electron chi connectivity index (χ2n) is 5.32. The molecule has 0 amide bonds. The van der Waals surface area contributed by atoms with Crippen LogP contribution in [0.3, 0.4) is 0 Å². The molecule has 0 bridgehead atoms. The van der Waals surface area contributed by atoms with Gasteiger partial charge in [-0.1, -0.05) is 0 Å². The molecular formula is C14H20N2O2. The molecule has 2 fully saturated rings. The highest BCUT2D eigenvalue weighted by Gasteiger charge is 2.37. The highest BCUT2D eigenvalue weighted by molar-refractivity contribution is 5.30. The molecule has 2 heterocycles. The molecule has 2 aliphatic rings. The van der Waals surface area contributed by atoms with Crippen LogP contribution in [0.2, 0.25) is 0 Å². The van der Waals surface area contributed by atoms with Gasteiger partial charge in [0.25, 0.3) is 0 Å². The lowest BCUT2D eigenvalue weighted by Crippen LogP contribution is -2.46. The Balaban J connectivity index is 1.55. The van der Waals surface area contributed by atoms with Gasteiger partial charge in [-0.25, -0.2) is 0 Å². The molecule has 2 N–H and O–H groups in total. The van der Waals surface area contributed by atoms with Crippen molar-refractivity contribution in [2.24, 2.45) is 5.92 Å². The molecule has 0 aromatic carbocycles. The lowest BCUT2D eigenvalue weighted by atomic mass is 10.1. The van der Waals surface area contributed by atoms with Crippen LogP contribution in [0.5, 0.6) is 5.75 Å². The summed E-state index contributed by atoms with van der Waals surface area (Å²) in [6, 6.07) is 2.62. The van der Waals surface area contributed by atoms with E-state index in [0.717, 1.165) is 25.3 Å². The van der Waals surface area contributed by atoms with E-state index >= 15 is 0 Å². The molecule has 4 heteroatoms. The molecule has 18 heavy (non-hydrogen) atoms. The number of hydrogen-bond donors (Lipinski definition) is 2. The lowest BCUT2D eigenvalue weighted by molar-refractivity contribution is 0.216. The Morgan fingerprint density at radius 1 is 1.44 bits per heavy atom. The molecule has 4 nitrogen and oxygen atoms in total. The molecule has 3 atom stereocenters. The molecule has 1 aromatic rings. The van der Waals surface area contributed by atoms with Gasteiger partial charge in [0.2, 0.25) is 0 Å². The van der Waals surface area contributed by atoms with Crippen LogP contribution in [0.15, 0.2) is 18.5 Å². The zero-order valence-corrected chi connectivity index (χ0v) is 10.5. The van der Waals surface area contributed by atoms with E-state index in [2.05, 4.69) is 16.4 Å². The maximum atomic E-state index is 8.93. The van der Waals surface area contributed by atoms with E-state index in [1.54, 1.807) is 6.20 Å². The largest absolute Gasteiger partial charge is 0.490 e. The molecule has 1 aliphatic carbocycles. The molecule has 0 spiro atoms. The van der Waals surface area contributed by atoms with Crippen molar-refractivity contribution in [3.05, 3.63) is 24.0 Å². The minimum Gasteiger partial charge on any atom is -0.490 e. The summed E-state index contributed by atoms with van der Waals surface area (Å²) in [6.07, 6.45) is 6.99. The van der Waals surface area contributed by atoms with Crippen molar-refractivity contribution >= 4 is 0 Å². The summed E-state index contributed by atoms with van der Waals surface area (Å²) < 4.78 is 5.75. The van der Waals surface area contributed by atoms with Gasteiger partial charge < -0.3 is 15.2 Å². The first-order chi connectivity index (χ1) is 8.86. The Morgan fingerprint density at radius 3 is 3.06 bits per heavy atom. The number of hydrogen-bond acceptors (Lipinski definition) is 4. The van der Waals surface area contributed by atoms with Gasteiger partial charge in [0.1, 0.15) is 12.4 Å². The molecule has 3 rings (SSSR count). The van der Waals surface area contributed by atoms with Crippen LogP contribution >= 0.6 is 0 Å². The van der Waals surface area contributed by atoms with Gasteiger partial charge in [-0.2, -0.15) is 0 Å². The van der Waals surface area contributed by atoms with E-state index in [-0.39, 0.29) is 6.61 Å². The van der Waals surface area contributed by atoms with Crippen molar-refractivity contribution in [2.45, 2.75) is 31.2 Å². The molecule has 1 aliphatic heterocycles. The number of aromatic nitrogens is 1. The Kier molecular flexibility index (Phi) is 3.48. The third kappa shape index (κ3) is 2.65. The number of nitrogens with zero attached hydrogens (tertiary/aromatic N) is 1. The predicted molar refractivity (Wildman–Crippen MR) is 68.7 cm³/mol. The third-order valence-corrected chi connectivity index (χ3v) is 3.96. The first kappa shape index (κ1) is 11.9. The molecule has 1 saturated carbocycles. The van der Waals surface area contributed by atoms with E-state index in [1.165, 1.54) is 18.4 Å². The highest BCUT2D eigenvalue weighted by atomic mass is 16.5. The SMILES string of the molecule is OCCC1CC1c1cncc(OC[C@@H]2CCN2)c1. The summed E-state index contributed by atoms with van der Waals surface area (Å²) in [5, 5.41) is 12.2. The summed E-state index contributed by atoms with van der Waals surface area (Å²) >= 11 is 0. The maximum Gasteiger partial charge on any atom is 0.137 e. The van der Waals surface area contributed by atoms with Gasteiger partial charge in [0, 0.05) is 18.8 Å². The first-order valence-electron chi connectivity index (χ1n) is 6.79. The van der Waals surface area contributed by atoms with Gasteiger partial charge >= 0.3 is 0 Å². The minimum absolute atomic E-state index is 0.290. The first-order valence-corrected chi connectivity index (χ1v) is 6.79. The summed E-state index contributed by atoms with van der Waals surface area (Å²) in [4.78, 5) is 4.25. The molecule has 2 unspecified atom stereocenters. The Labute approximate surface area is 107 Å². The van der Waals surface area contributed by atoms with E-state index in [0.29, 0.717) is 17.9 Å². The highest BCUT2D eigenvalue weighted by Crippen LogP contribution is 2.49. The second kappa shape index (κ2) is 5.24. The van der Waals surface area contributed by atoms with Gasteiger partial charge in [-0.05, 0) is 49.3 Å². The fourth-order valence-corrected chi connectivity index (χ4v) is 2.55. The smallest absolute Gasteiger partial charge is 0.137 e. The van der Waals surface area contributed by atoms with Crippen molar-refractivity contribution in [1.82, 2.24) is 10.3 Å². The normalized spacial score (nSPS) is 29.7. The van der Waals surface area contributed by atoms with Gasteiger partial charge in [0.05, 0.1) is 6.20 Å². The van der Waals surface area contributed by atoms with E-state index in [9.17, 15) is 0 Å². The van der Waals surface area contributed by atoms with Gasteiger partial charge in [0.15, 0.2) is 0 Å². The van der Waals surface area contributed by atoms with Crippen molar-refractivity contribution in [3.63, 3.8) is 0 Å². The Morgan fingerprint density at radius 2 is 2.33 bits per heavy atom. The van der Waals surface area contributed by atoms with Crippen LogP contribution in [0, 0.1) is 5.92 Å². The number of aliphatic hydroxyl groups excluding tert-OH is 1. The maximum absolute atomic E-state index is 8.93. The quantitative estimate of drug-likeness (QED) is 0.797. The van der Waals surface area contributed by atoms with Crippen LogP contribution in [0.1, 0.15) is 30.7 Å². The van der Waals surface area contributed by atoms with E-state index < -0.39 is 0 Å². The summed E-state index contributed by atoms with van der Waals surface area (Å²) in [6.45, 7) is 2.13. The average Bonchev–Trinajstić information content (AvgIpc) is 3.07. The van der Waals surface area contributed by atoms with E-state index in [4.69, 9.17) is 9.84 Å². The number of aliphatic hydroxyl groups is 1. The Hall–Kier alpha value is -1.13. The van der Waals surface area contributed by atoms with Gasteiger partial charge in [-0.3, -0.25) is 4.98 Å². The zero-order chi connectivity index (χ0) is 12.4. The molecular weight excluding hydrogens is 228 g/mol. The number of pyridine rings is 1. The number of rotatable bonds is 6. The molecule has 1 aromatic heterocycles. The summed E-state index contributed by atoms with van der Waals surface area (Å²) in [5.74, 6) is 2.09. The minimum atomic E-state index is 0.290. The second-order valence-corrected chi connectivity index (χ2v) is 5.32. The van der Waals surface area contributed by atoms with Crippen molar-refractivity contribution in [3.8, 4) is 5.75 Å². The lowest BCUT2D eigenvalue weighted by Gasteiger charge is -2.27. The van der Waals surface area contributed by atoms with Crippen LogP contribution in [-0.2, 0) is 0 Å².